The monoisotopic (exact) mass is 342 g/mol. The number of anilines is 1. The third-order valence-corrected chi connectivity index (χ3v) is 5.75. The van der Waals surface area contributed by atoms with Crippen molar-refractivity contribution >= 4 is 16.6 Å². The molecule has 2 N–H and O–H groups in total. The molecule has 2 aliphatic carbocycles. The van der Waals surface area contributed by atoms with Crippen LogP contribution in [0.15, 0.2) is 36.4 Å². The van der Waals surface area contributed by atoms with Gasteiger partial charge in [-0.15, -0.1) is 0 Å². The molecule has 26 heavy (non-hydrogen) atoms. The van der Waals surface area contributed by atoms with Gasteiger partial charge in [0.2, 0.25) is 0 Å². The van der Waals surface area contributed by atoms with Crippen molar-refractivity contribution in [1.29, 1.82) is 5.26 Å². The van der Waals surface area contributed by atoms with E-state index in [1.807, 2.05) is 6.07 Å². The molecule has 1 aromatic heterocycles. The summed E-state index contributed by atoms with van der Waals surface area (Å²) < 4.78 is 0. The number of aromatic amines is 1. The van der Waals surface area contributed by atoms with Crippen molar-refractivity contribution in [3.63, 3.8) is 0 Å². The van der Waals surface area contributed by atoms with Gasteiger partial charge in [-0.05, 0) is 85.9 Å². The number of aryl methyl sites for hydroxylation is 1. The lowest BCUT2D eigenvalue weighted by Gasteiger charge is -2.27. The van der Waals surface area contributed by atoms with Gasteiger partial charge < -0.3 is 5.32 Å². The fourth-order valence-electron chi connectivity index (χ4n) is 4.14. The van der Waals surface area contributed by atoms with Gasteiger partial charge in [-0.1, -0.05) is 6.07 Å². The highest BCUT2D eigenvalue weighted by molar-refractivity contribution is 5.85. The summed E-state index contributed by atoms with van der Waals surface area (Å²) in [6.45, 7) is 0. The van der Waals surface area contributed by atoms with Gasteiger partial charge in [0, 0.05) is 11.1 Å². The Morgan fingerprint density at radius 1 is 1.15 bits per heavy atom. The minimum Gasteiger partial charge on any atom is -0.378 e. The van der Waals surface area contributed by atoms with Crippen LogP contribution in [-0.2, 0) is 12.8 Å². The molecule has 130 valence electrons. The Kier molecular flexibility index (Phi) is 3.67. The molecule has 1 saturated carbocycles. The van der Waals surface area contributed by atoms with E-state index in [-0.39, 0.29) is 0 Å². The number of hydrogen-bond acceptors (Lipinski definition) is 3. The van der Waals surface area contributed by atoms with Gasteiger partial charge in [-0.3, -0.25) is 5.10 Å². The minimum absolute atomic E-state index is 0.308. The van der Waals surface area contributed by atoms with Crippen molar-refractivity contribution in [2.24, 2.45) is 5.92 Å². The van der Waals surface area contributed by atoms with Crippen LogP contribution in [0.1, 0.15) is 54.1 Å². The van der Waals surface area contributed by atoms with Gasteiger partial charge in [-0.2, -0.15) is 10.4 Å². The van der Waals surface area contributed by atoms with E-state index in [1.54, 1.807) is 0 Å². The highest BCUT2D eigenvalue weighted by Gasteiger charge is 2.24. The van der Waals surface area contributed by atoms with Crippen molar-refractivity contribution in [2.45, 2.75) is 44.6 Å². The highest BCUT2D eigenvalue weighted by atomic mass is 15.1. The summed E-state index contributed by atoms with van der Waals surface area (Å²) in [6.07, 6.45) is 7.12. The largest absolute Gasteiger partial charge is 0.378 e. The second-order valence-electron chi connectivity index (χ2n) is 7.69. The van der Waals surface area contributed by atoms with E-state index < -0.39 is 0 Å². The Labute approximate surface area is 153 Å². The molecule has 3 aromatic rings. The number of nitriles is 1. The van der Waals surface area contributed by atoms with Crippen molar-refractivity contribution in [3.8, 4) is 6.07 Å². The maximum Gasteiger partial charge on any atom is 0.0991 e. The number of rotatable bonds is 4. The number of hydrogen-bond donors (Lipinski definition) is 2. The third kappa shape index (κ3) is 2.84. The van der Waals surface area contributed by atoms with Crippen molar-refractivity contribution < 1.29 is 0 Å². The summed E-state index contributed by atoms with van der Waals surface area (Å²) >= 11 is 0. The molecule has 2 aromatic carbocycles. The van der Waals surface area contributed by atoms with E-state index in [4.69, 9.17) is 5.26 Å². The molecule has 0 unspecified atom stereocenters. The SMILES string of the molecule is N#Cc1ccc2c(c1)CCC[C@H]2Nc1ccc2[nH]nc(CC3CC3)c2c1. The number of fused-ring (bicyclic) bond motifs is 2. The van der Waals surface area contributed by atoms with Crippen LogP contribution in [-0.4, -0.2) is 10.2 Å². The molecule has 4 nitrogen and oxygen atoms in total. The standard InChI is InChI=1S/C22H22N4/c23-13-15-6-8-18-16(10-15)2-1-3-20(18)24-17-7-9-21-19(12-17)22(26-25-21)11-14-4-5-14/h6-10,12,14,20,24H,1-5,11H2,(H,25,26)/t20-/m1/s1. The molecule has 0 bridgehead atoms. The van der Waals surface area contributed by atoms with Crippen molar-refractivity contribution in [1.82, 2.24) is 10.2 Å². The van der Waals surface area contributed by atoms with Crippen LogP contribution in [0.25, 0.3) is 10.9 Å². The second-order valence-corrected chi connectivity index (χ2v) is 7.69. The zero-order chi connectivity index (χ0) is 17.5. The predicted molar refractivity (Wildman–Crippen MR) is 103 cm³/mol. The summed E-state index contributed by atoms with van der Waals surface area (Å²) in [5, 5.41) is 21.8. The predicted octanol–water partition coefficient (Wildman–Crippen LogP) is 4.88. The maximum absolute atomic E-state index is 9.14. The number of H-pyrrole nitrogens is 1. The van der Waals surface area contributed by atoms with Crippen LogP contribution in [0.3, 0.4) is 0 Å². The van der Waals surface area contributed by atoms with E-state index in [0.717, 1.165) is 48.4 Å². The zero-order valence-electron chi connectivity index (χ0n) is 14.8. The van der Waals surface area contributed by atoms with Crippen LogP contribution in [0.4, 0.5) is 5.69 Å². The quantitative estimate of drug-likeness (QED) is 0.710. The molecule has 0 spiro atoms. The lowest BCUT2D eigenvalue weighted by Crippen LogP contribution is -2.17. The molecule has 2 aliphatic rings. The summed E-state index contributed by atoms with van der Waals surface area (Å²) in [7, 11) is 0. The summed E-state index contributed by atoms with van der Waals surface area (Å²) in [4.78, 5) is 0. The van der Waals surface area contributed by atoms with E-state index in [0.29, 0.717) is 6.04 Å². The summed E-state index contributed by atoms with van der Waals surface area (Å²) in [5.41, 5.74) is 6.88. The van der Waals surface area contributed by atoms with Gasteiger partial charge in [-0.25, -0.2) is 0 Å². The van der Waals surface area contributed by atoms with E-state index in [9.17, 15) is 0 Å². The molecule has 1 fully saturated rings. The van der Waals surface area contributed by atoms with Crippen LogP contribution < -0.4 is 5.32 Å². The number of benzene rings is 2. The topological polar surface area (TPSA) is 64.5 Å². The molecule has 0 radical (unpaired) electrons. The fourth-order valence-corrected chi connectivity index (χ4v) is 4.14. The van der Waals surface area contributed by atoms with Gasteiger partial charge in [0.25, 0.3) is 0 Å². The molecule has 1 heterocycles. The molecule has 5 rings (SSSR count). The van der Waals surface area contributed by atoms with E-state index in [1.165, 1.54) is 35.0 Å². The first kappa shape index (κ1) is 15.5. The van der Waals surface area contributed by atoms with Crippen LogP contribution in [0.2, 0.25) is 0 Å². The summed E-state index contributed by atoms with van der Waals surface area (Å²) in [6, 6.07) is 15.2. The minimum atomic E-state index is 0.308. The van der Waals surface area contributed by atoms with E-state index in [2.05, 4.69) is 51.9 Å². The summed E-state index contributed by atoms with van der Waals surface area (Å²) in [5.74, 6) is 0.831. The van der Waals surface area contributed by atoms with Crippen molar-refractivity contribution in [3.05, 3.63) is 58.8 Å². The van der Waals surface area contributed by atoms with Crippen molar-refractivity contribution in [2.75, 3.05) is 5.32 Å². The lowest BCUT2D eigenvalue weighted by atomic mass is 9.86. The molecule has 0 saturated heterocycles. The molecular weight excluding hydrogens is 320 g/mol. The Bertz CT molecular complexity index is 1010. The molecule has 0 amide bonds. The highest BCUT2D eigenvalue weighted by Crippen LogP contribution is 2.36. The first-order valence-electron chi connectivity index (χ1n) is 9.56. The van der Waals surface area contributed by atoms with Crippen LogP contribution in [0.5, 0.6) is 0 Å². The van der Waals surface area contributed by atoms with Crippen LogP contribution in [0, 0.1) is 17.2 Å². The molecule has 4 heteroatoms. The third-order valence-electron chi connectivity index (χ3n) is 5.75. The number of aromatic nitrogens is 2. The Hall–Kier alpha value is -2.80. The molecule has 0 aliphatic heterocycles. The smallest absolute Gasteiger partial charge is 0.0991 e. The van der Waals surface area contributed by atoms with Gasteiger partial charge in [0.15, 0.2) is 0 Å². The lowest BCUT2D eigenvalue weighted by molar-refractivity contribution is 0.600. The normalized spacial score (nSPS) is 19.1. The number of nitrogens with zero attached hydrogens (tertiary/aromatic N) is 2. The Balaban J connectivity index is 1.44. The average molecular weight is 342 g/mol. The van der Waals surface area contributed by atoms with E-state index >= 15 is 0 Å². The Morgan fingerprint density at radius 3 is 2.92 bits per heavy atom. The fraction of sp³-hybridized carbons (Fsp3) is 0.364. The maximum atomic E-state index is 9.14. The Morgan fingerprint density at radius 2 is 2.08 bits per heavy atom. The first-order chi connectivity index (χ1) is 12.8. The first-order valence-corrected chi connectivity index (χ1v) is 9.56. The molecular formula is C22H22N4. The van der Waals surface area contributed by atoms with Gasteiger partial charge >= 0.3 is 0 Å². The van der Waals surface area contributed by atoms with Crippen LogP contribution >= 0.6 is 0 Å². The van der Waals surface area contributed by atoms with Gasteiger partial charge in [0.05, 0.1) is 28.9 Å². The van der Waals surface area contributed by atoms with Gasteiger partial charge in [0.1, 0.15) is 0 Å². The zero-order valence-corrected chi connectivity index (χ0v) is 14.8. The number of nitrogens with one attached hydrogen (secondary N) is 2. The average Bonchev–Trinajstić information content (AvgIpc) is 3.41. The second kappa shape index (κ2) is 6.17. The molecule has 1 atom stereocenters.